The fourth-order valence-corrected chi connectivity index (χ4v) is 3.44. The summed E-state index contributed by atoms with van der Waals surface area (Å²) in [7, 11) is -3.41. The number of hydrogen-bond donors (Lipinski definition) is 2. The van der Waals surface area contributed by atoms with E-state index in [-0.39, 0.29) is 11.8 Å². The molecule has 0 aliphatic carbocycles. The van der Waals surface area contributed by atoms with E-state index in [2.05, 4.69) is 10.0 Å². The van der Waals surface area contributed by atoms with Gasteiger partial charge in [0, 0.05) is 25.2 Å². The minimum atomic E-state index is -3.41. The number of sulfonamides is 1. The van der Waals surface area contributed by atoms with E-state index in [1.807, 2.05) is 32.0 Å². The average molecular weight is 353 g/mol. The molecule has 1 aromatic rings. The van der Waals surface area contributed by atoms with Crippen molar-refractivity contribution in [2.45, 2.75) is 26.3 Å². The van der Waals surface area contributed by atoms with Gasteiger partial charge in [-0.15, -0.1) is 0 Å². The molecule has 1 fully saturated rings. The molecule has 2 amide bonds. The quantitative estimate of drug-likeness (QED) is 0.763. The second kappa shape index (κ2) is 7.31. The van der Waals surface area contributed by atoms with E-state index in [0.717, 1.165) is 17.4 Å². The molecular weight excluding hydrogens is 330 g/mol. The van der Waals surface area contributed by atoms with Gasteiger partial charge in [0.1, 0.15) is 6.04 Å². The van der Waals surface area contributed by atoms with E-state index in [1.54, 1.807) is 4.90 Å². The maximum Gasteiger partial charge on any atom is 0.251 e. The molecule has 1 aromatic carbocycles. The second-order valence-corrected chi connectivity index (χ2v) is 7.91. The zero-order chi connectivity index (χ0) is 17.9. The molecule has 0 saturated carbocycles. The first kappa shape index (κ1) is 18.4. The van der Waals surface area contributed by atoms with Gasteiger partial charge in [-0.25, -0.2) is 13.1 Å². The van der Waals surface area contributed by atoms with E-state index < -0.39 is 16.1 Å². The zero-order valence-corrected chi connectivity index (χ0v) is 14.9. The number of amides is 2. The van der Waals surface area contributed by atoms with Crippen LogP contribution in [0.5, 0.6) is 0 Å². The SMILES string of the molecule is Cc1ccc(C)c(C(=O)NCCN2CCC(NS(C)(=O)=O)C2=O)c1. The van der Waals surface area contributed by atoms with Crippen molar-refractivity contribution in [2.75, 3.05) is 25.9 Å². The van der Waals surface area contributed by atoms with Crippen molar-refractivity contribution in [1.82, 2.24) is 14.9 Å². The lowest BCUT2D eigenvalue weighted by molar-refractivity contribution is -0.129. The van der Waals surface area contributed by atoms with Gasteiger partial charge in [0.25, 0.3) is 5.91 Å². The summed E-state index contributed by atoms with van der Waals surface area (Å²) in [4.78, 5) is 25.9. The first-order chi connectivity index (χ1) is 11.2. The van der Waals surface area contributed by atoms with Crippen LogP contribution in [0.15, 0.2) is 18.2 Å². The van der Waals surface area contributed by atoms with Gasteiger partial charge in [-0.2, -0.15) is 0 Å². The number of hydrogen-bond acceptors (Lipinski definition) is 4. The Morgan fingerprint density at radius 3 is 2.71 bits per heavy atom. The Balaban J connectivity index is 1.85. The van der Waals surface area contributed by atoms with Gasteiger partial charge in [0.05, 0.1) is 6.26 Å². The first-order valence-electron chi connectivity index (χ1n) is 7.79. The second-order valence-electron chi connectivity index (χ2n) is 6.13. The Morgan fingerprint density at radius 1 is 1.33 bits per heavy atom. The Labute approximate surface area is 142 Å². The molecule has 2 N–H and O–H groups in total. The molecule has 7 nitrogen and oxygen atoms in total. The summed E-state index contributed by atoms with van der Waals surface area (Å²) in [5, 5.41) is 2.81. The molecule has 1 atom stereocenters. The number of aryl methyl sites for hydroxylation is 2. The number of carbonyl (C=O) groups is 2. The van der Waals surface area contributed by atoms with Crippen molar-refractivity contribution in [3.05, 3.63) is 34.9 Å². The molecule has 0 aromatic heterocycles. The number of benzene rings is 1. The van der Waals surface area contributed by atoms with Gasteiger partial charge in [-0.1, -0.05) is 17.7 Å². The first-order valence-corrected chi connectivity index (χ1v) is 9.68. The number of rotatable bonds is 6. The lowest BCUT2D eigenvalue weighted by Gasteiger charge is -2.17. The van der Waals surface area contributed by atoms with Crippen LogP contribution in [0.25, 0.3) is 0 Å². The highest BCUT2D eigenvalue weighted by molar-refractivity contribution is 7.88. The van der Waals surface area contributed by atoms with Crippen LogP contribution in [-0.4, -0.2) is 57.1 Å². The summed E-state index contributed by atoms with van der Waals surface area (Å²) in [6.45, 7) is 4.96. The molecule has 1 aliphatic rings. The van der Waals surface area contributed by atoms with Crippen LogP contribution in [0.1, 0.15) is 27.9 Å². The predicted octanol–water partition coefficient (Wildman–Crippen LogP) is 0.183. The largest absolute Gasteiger partial charge is 0.350 e. The summed E-state index contributed by atoms with van der Waals surface area (Å²) in [6, 6.07) is 4.98. The van der Waals surface area contributed by atoms with Crippen molar-refractivity contribution in [2.24, 2.45) is 0 Å². The van der Waals surface area contributed by atoms with E-state index >= 15 is 0 Å². The molecular formula is C16H23N3O4S. The van der Waals surface area contributed by atoms with Crippen LogP contribution in [-0.2, 0) is 14.8 Å². The highest BCUT2D eigenvalue weighted by Gasteiger charge is 2.33. The van der Waals surface area contributed by atoms with E-state index in [4.69, 9.17) is 0 Å². The molecule has 0 bridgehead atoms. The van der Waals surface area contributed by atoms with Crippen LogP contribution in [0.4, 0.5) is 0 Å². The topological polar surface area (TPSA) is 95.6 Å². The molecule has 0 radical (unpaired) electrons. The fraction of sp³-hybridized carbons (Fsp3) is 0.500. The van der Waals surface area contributed by atoms with Crippen LogP contribution in [0, 0.1) is 13.8 Å². The van der Waals surface area contributed by atoms with Gasteiger partial charge in [-0.05, 0) is 31.9 Å². The van der Waals surface area contributed by atoms with Gasteiger partial charge >= 0.3 is 0 Å². The molecule has 1 unspecified atom stereocenters. The van der Waals surface area contributed by atoms with Gasteiger partial charge < -0.3 is 10.2 Å². The third-order valence-electron chi connectivity index (χ3n) is 3.96. The Hall–Kier alpha value is -1.93. The molecule has 132 valence electrons. The molecule has 1 aliphatic heterocycles. The lowest BCUT2D eigenvalue weighted by atomic mass is 10.1. The van der Waals surface area contributed by atoms with Crippen molar-refractivity contribution in [1.29, 1.82) is 0 Å². The summed E-state index contributed by atoms with van der Waals surface area (Å²) >= 11 is 0. The predicted molar refractivity (Wildman–Crippen MR) is 91.2 cm³/mol. The van der Waals surface area contributed by atoms with Gasteiger partial charge in [0.2, 0.25) is 15.9 Å². The number of nitrogens with zero attached hydrogens (tertiary/aromatic N) is 1. The maximum absolute atomic E-state index is 12.2. The minimum absolute atomic E-state index is 0.173. The summed E-state index contributed by atoms with van der Waals surface area (Å²) in [5.41, 5.74) is 2.53. The zero-order valence-electron chi connectivity index (χ0n) is 14.1. The summed E-state index contributed by atoms with van der Waals surface area (Å²) in [5.74, 6) is -0.421. The van der Waals surface area contributed by atoms with E-state index in [9.17, 15) is 18.0 Å². The van der Waals surface area contributed by atoms with E-state index in [0.29, 0.717) is 31.6 Å². The lowest BCUT2D eigenvalue weighted by Crippen LogP contribution is -2.43. The Kier molecular flexibility index (Phi) is 5.61. The average Bonchev–Trinajstić information content (AvgIpc) is 2.81. The molecule has 24 heavy (non-hydrogen) atoms. The van der Waals surface area contributed by atoms with Crippen molar-refractivity contribution < 1.29 is 18.0 Å². The molecule has 8 heteroatoms. The summed E-state index contributed by atoms with van der Waals surface area (Å²) in [6.07, 6.45) is 1.48. The monoisotopic (exact) mass is 353 g/mol. The summed E-state index contributed by atoms with van der Waals surface area (Å²) < 4.78 is 24.8. The Bertz CT molecular complexity index is 746. The minimum Gasteiger partial charge on any atom is -0.350 e. The van der Waals surface area contributed by atoms with Crippen LogP contribution < -0.4 is 10.0 Å². The van der Waals surface area contributed by atoms with E-state index in [1.165, 1.54) is 0 Å². The molecule has 1 heterocycles. The van der Waals surface area contributed by atoms with Crippen molar-refractivity contribution in [3.8, 4) is 0 Å². The van der Waals surface area contributed by atoms with Crippen LogP contribution in [0.3, 0.4) is 0 Å². The molecule has 1 saturated heterocycles. The Morgan fingerprint density at radius 2 is 2.04 bits per heavy atom. The third kappa shape index (κ3) is 4.78. The molecule has 0 spiro atoms. The number of nitrogens with one attached hydrogen (secondary N) is 2. The number of likely N-dealkylation sites (tertiary alicyclic amines) is 1. The standard InChI is InChI=1S/C16H23N3O4S/c1-11-4-5-12(2)13(10-11)15(20)17-7-9-19-8-6-14(16(19)21)18-24(3,22)23/h4-5,10,14,18H,6-9H2,1-3H3,(H,17,20). The van der Waals surface area contributed by atoms with Gasteiger partial charge in [0.15, 0.2) is 0 Å². The maximum atomic E-state index is 12.2. The smallest absolute Gasteiger partial charge is 0.251 e. The van der Waals surface area contributed by atoms with Crippen LogP contribution in [0.2, 0.25) is 0 Å². The number of carbonyl (C=O) groups excluding carboxylic acids is 2. The van der Waals surface area contributed by atoms with Crippen molar-refractivity contribution >= 4 is 21.8 Å². The fourth-order valence-electron chi connectivity index (χ4n) is 2.71. The highest BCUT2D eigenvalue weighted by Crippen LogP contribution is 2.12. The van der Waals surface area contributed by atoms with Crippen molar-refractivity contribution in [3.63, 3.8) is 0 Å². The van der Waals surface area contributed by atoms with Gasteiger partial charge in [-0.3, -0.25) is 9.59 Å². The highest BCUT2D eigenvalue weighted by atomic mass is 32.2. The van der Waals surface area contributed by atoms with Crippen LogP contribution >= 0.6 is 0 Å². The normalized spacial score (nSPS) is 18.0. The third-order valence-corrected chi connectivity index (χ3v) is 4.67. The molecule has 2 rings (SSSR count).